The molecule has 3 rings (SSSR count). The molecule has 0 spiro atoms. The van der Waals surface area contributed by atoms with E-state index >= 15 is 0 Å². The molecule has 2 atom stereocenters. The predicted octanol–water partition coefficient (Wildman–Crippen LogP) is 1.41. The smallest absolute Gasteiger partial charge is 0.275 e. The van der Waals surface area contributed by atoms with Crippen LogP contribution < -0.4 is 15.5 Å². The van der Waals surface area contributed by atoms with Crippen molar-refractivity contribution in [3.63, 3.8) is 0 Å². The van der Waals surface area contributed by atoms with Gasteiger partial charge in [0.05, 0.1) is 18.7 Å². The van der Waals surface area contributed by atoms with Crippen LogP contribution in [0.15, 0.2) is 23.6 Å². The number of anilines is 1. The number of benzene rings is 1. The summed E-state index contributed by atoms with van der Waals surface area (Å²) in [5, 5.41) is 8.84. The minimum Gasteiger partial charge on any atom is -0.349 e. The molecule has 2 aromatic rings. The van der Waals surface area contributed by atoms with Gasteiger partial charge in [-0.05, 0) is 38.5 Å². The fourth-order valence-corrected chi connectivity index (χ4v) is 3.99. The molecule has 6 nitrogen and oxygen atoms in total. The molecule has 1 aliphatic heterocycles. The highest BCUT2D eigenvalue weighted by Crippen LogP contribution is 2.35. The first-order chi connectivity index (χ1) is 12.3. The maximum atomic E-state index is 11.9. The van der Waals surface area contributed by atoms with E-state index < -0.39 is 0 Å². The van der Waals surface area contributed by atoms with Gasteiger partial charge in [0, 0.05) is 22.7 Å². The van der Waals surface area contributed by atoms with Gasteiger partial charge in [0.25, 0.3) is 5.91 Å². The van der Waals surface area contributed by atoms with E-state index in [0.29, 0.717) is 13.1 Å². The molecule has 0 radical (unpaired) electrons. The van der Waals surface area contributed by atoms with Crippen molar-refractivity contribution >= 4 is 28.8 Å². The first-order valence-corrected chi connectivity index (χ1v) is 9.71. The molecule has 26 heavy (non-hydrogen) atoms. The van der Waals surface area contributed by atoms with Crippen LogP contribution in [0.1, 0.15) is 37.3 Å². The Balaban J connectivity index is 1.67. The van der Waals surface area contributed by atoms with Crippen LogP contribution in [0.3, 0.4) is 0 Å². The van der Waals surface area contributed by atoms with E-state index in [0.717, 1.165) is 32.4 Å². The number of amides is 2. The summed E-state index contributed by atoms with van der Waals surface area (Å²) in [6.45, 7) is 6.97. The fraction of sp³-hybridized carbons (Fsp3) is 0.421. The first kappa shape index (κ1) is 18.5. The summed E-state index contributed by atoms with van der Waals surface area (Å²) < 4.78 is 0. The Morgan fingerprint density at radius 3 is 2.92 bits per heavy atom. The fourth-order valence-electron chi connectivity index (χ4n) is 3.07. The van der Waals surface area contributed by atoms with Crippen molar-refractivity contribution in [2.45, 2.75) is 39.3 Å². The van der Waals surface area contributed by atoms with E-state index in [1.165, 1.54) is 0 Å². The molecular weight excluding hydrogens is 348 g/mol. The molecule has 2 amide bonds. The molecule has 0 saturated heterocycles. The van der Waals surface area contributed by atoms with E-state index in [9.17, 15) is 9.59 Å². The van der Waals surface area contributed by atoms with Gasteiger partial charge in [-0.3, -0.25) is 9.59 Å². The van der Waals surface area contributed by atoms with Gasteiger partial charge in [0.1, 0.15) is 11.6 Å². The third kappa shape index (κ3) is 4.11. The van der Waals surface area contributed by atoms with Crippen molar-refractivity contribution < 1.29 is 14.5 Å². The minimum absolute atomic E-state index is 0.0426. The molecule has 1 unspecified atom stereocenters. The summed E-state index contributed by atoms with van der Waals surface area (Å²) in [5.74, 6) is -0.0295. The third-order valence-corrected chi connectivity index (χ3v) is 5.23. The molecule has 2 heterocycles. The molecular formula is C19H25N4O2S+. The largest absolute Gasteiger partial charge is 0.349 e. The highest BCUT2D eigenvalue weighted by molar-refractivity contribution is 7.09. The van der Waals surface area contributed by atoms with E-state index in [4.69, 9.17) is 4.98 Å². The molecule has 0 saturated carbocycles. The number of fused-ring (bicyclic) bond motifs is 1. The van der Waals surface area contributed by atoms with Crippen molar-refractivity contribution in [3.8, 4) is 11.3 Å². The maximum Gasteiger partial charge on any atom is 0.275 e. The summed E-state index contributed by atoms with van der Waals surface area (Å²) in [6, 6.07) is 6.13. The Morgan fingerprint density at radius 2 is 2.19 bits per heavy atom. The number of likely N-dealkylation sites (N-methyl/N-ethyl adjacent to an activating group) is 1. The number of thiazole rings is 1. The Kier molecular flexibility index (Phi) is 5.38. The van der Waals surface area contributed by atoms with Crippen molar-refractivity contribution in [3.05, 3.63) is 34.2 Å². The van der Waals surface area contributed by atoms with Crippen LogP contribution in [-0.4, -0.2) is 36.4 Å². The second-order valence-corrected chi connectivity index (χ2v) is 8.11. The molecule has 0 bridgehead atoms. The van der Waals surface area contributed by atoms with Gasteiger partial charge in [-0.15, -0.1) is 11.3 Å². The molecule has 0 fully saturated rings. The number of rotatable bonds is 6. The van der Waals surface area contributed by atoms with Crippen molar-refractivity contribution in [1.82, 2.24) is 10.3 Å². The Hall–Kier alpha value is -2.25. The van der Waals surface area contributed by atoms with Gasteiger partial charge in [0.15, 0.2) is 6.54 Å². The van der Waals surface area contributed by atoms with Crippen molar-refractivity contribution in [1.29, 1.82) is 0 Å². The third-order valence-electron chi connectivity index (χ3n) is 4.38. The molecule has 1 aromatic heterocycles. The van der Waals surface area contributed by atoms with Crippen LogP contribution in [0.4, 0.5) is 5.69 Å². The van der Waals surface area contributed by atoms with E-state index in [1.807, 2.05) is 51.4 Å². The second-order valence-electron chi connectivity index (χ2n) is 7.17. The summed E-state index contributed by atoms with van der Waals surface area (Å²) in [7, 11) is 2.00. The zero-order valence-electron chi connectivity index (χ0n) is 15.6. The van der Waals surface area contributed by atoms with Crippen molar-refractivity contribution in [2.75, 3.05) is 18.9 Å². The second kappa shape index (κ2) is 7.55. The standard InChI is InChI=1S/C19H24N4O2S/c1-11(2)20-17(24)8-23(4)9-18-21-16(10-26-18)13-5-6-15-14(7-13)12(3)19(25)22-15/h5-7,10-12H,8-9H2,1-4H3,(H,20,24)(H,22,25)/p+1/t12-/m0/s1. The van der Waals surface area contributed by atoms with Crippen LogP contribution in [0.5, 0.6) is 0 Å². The number of nitrogens with zero attached hydrogens (tertiary/aromatic N) is 1. The van der Waals surface area contributed by atoms with Gasteiger partial charge < -0.3 is 15.5 Å². The Morgan fingerprint density at radius 1 is 1.42 bits per heavy atom. The molecule has 0 aliphatic carbocycles. The van der Waals surface area contributed by atoms with Crippen LogP contribution in [-0.2, 0) is 16.1 Å². The zero-order chi connectivity index (χ0) is 18.8. The predicted molar refractivity (Wildman–Crippen MR) is 103 cm³/mol. The van der Waals surface area contributed by atoms with Gasteiger partial charge in [0.2, 0.25) is 5.91 Å². The molecule has 7 heteroatoms. The molecule has 1 aromatic carbocycles. The van der Waals surface area contributed by atoms with Crippen LogP contribution in [0, 0.1) is 0 Å². The van der Waals surface area contributed by atoms with E-state index in [2.05, 4.69) is 10.6 Å². The van der Waals surface area contributed by atoms with Crippen LogP contribution in [0.2, 0.25) is 0 Å². The average Bonchev–Trinajstić information content (AvgIpc) is 3.11. The lowest BCUT2D eigenvalue weighted by Crippen LogP contribution is -3.09. The number of quaternary nitrogens is 1. The number of hydrogen-bond donors (Lipinski definition) is 3. The summed E-state index contributed by atoms with van der Waals surface area (Å²) in [5.41, 5.74) is 3.85. The lowest BCUT2D eigenvalue weighted by molar-refractivity contribution is -0.885. The molecule has 3 N–H and O–H groups in total. The van der Waals surface area contributed by atoms with Gasteiger partial charge in [-0.25, -0.2) is 4.98 Å². The SMILES string of the molecule is CC(C)NC(=O)C[NH+](C)Cc1nc(-c2ccc3c(c2)[C@H](C)C(=O)N3)cs1. The average molecular weight is 374 g/mol. The minimum atomic E-state index is -0.127. The maximum absolute atomic E-state index is 11.9. The summed E-state index contributed by atoms with van der Waals surface area (Å²) >= 11 is 1.60. The Bertz CT molecular complexity index is 831. The molecule has 1 aliphatic rings. The summed E-state index contributed by atoms with van der Waals surface area (Å²) in [4.78, 5) is 29.5. The topological polar surface area (TPSA) is 75.5 Å². The quantitative estimate of drug-likeness (QED) is 0.717. The zero-order valence-corrected chi connectivity index (χ0v) is 16.4. The van der Waals surface area contributed by atoms with Gasteiger partial charge >= 0.3 is 0 Å². The van der Waals surface area contributed by atoms with Gasteiger partial charge in [-0.2, -0.15) is 0 Å². The van der Waals surface area contributed by atoms with E-state index in [-0.39, 0.29) is 23.8 Å². The van der Waals surface area contributed by atoms with Gasteiger partial charge in [-0.1, -0.05) is 6.07 Å². The number of aromatic nitrogens is 1. The number of carbonyl (C=O) groups is 2. The number of carbonyl (C=O) groups excluding carboxylic acids is 2. The normalized spacial score (nSPS) is 17.1. The number of hydrogen-bond acceptors (Lipinski definition) is 4. The van der Waals surface area contributed by atoms with Crippen molar-refractivity contribution in [2.24, 2.45) is 0 Å². The van der Waals surface area contributed by atoms with Crippen LogP contribution >= 0.6 is 11.3 Å². The number of nitrogens with one attached hydrogen (secondary N) is 3. The highest BCUT2D eigenvalue weighted by Gasteiger charge is 2.26. The first-order valence-electron chi connectivity index (χ1n) is 8.83. The summed E-state index contributed by atoms with van der Waals surface area (Å²) in [6.07, 6.45) is 0. The Labute approximate surface area is 157 Å². The highest BCUT2D eigenvalue weighted by atomic mass is 32.1. The van der Waals surface area contributed by atoms with E-state index in [1.54, 1.807) is 11.3 Å². The monoisotopic (exact) mass is 373 g/mol. The lowest BCUT2D eigenvalue weighted by Gasteiger charge is -2.13. The lowest BCUT2D eigenvalue weighted by atomic mass is 10.00. The molecule has 138 valence electrons. The van der Waals surface area contributed by atoms with Crippen LogP contribution in [0.25, 0.3) is 11.3 Å².